The molecule has 0 aromatic carbocycles. The molecule has 0 fully saturated rings. The van der Waals surface area contributed by atoms with Gasteiger partial charge in [-0.15, -0.1) is 0 Å². The summed E-state index contributed by atoms with van der Waals surface area (Å²) < 4.78 is 0.454. The van der Waals surface area contributed by atoms with E-state index in [4.69, 9.17) is 0 Å². The van der Waals surface area contributed by atoms with E-state index in [0.29, 0.717) is 21.7 Å². The fourth-order valence-electron chi connectivity index (χ4n) is 1.28. The van der Waals surface area contributed by atoms with Gasteiger partial charge in [-0.2, -0.15) is 0 Å². The number of carbonyl (C=O) groups excluding carboxylic acids is 2. The lowest BCUT2D eigenvalue weighted by Gasteiger charge is -2.13. The Bertz CT molecular complexity index is 462. The Balaban J connectivity index is 2.51. The molecule has 1 aromatic heterocycles. The van der Waals surface area contributed by atoms with Crippen LogP contribution in [0.1, 0.15) is 23.1 Å². The SMILES string of the molecule is CC(=O)c1nc2c(nc1Br)SCC(=O)C2. The number of nitrogens with zero attached hydrogens (tertiary/aromatic N) is 2. The highest BCUT2D eigenvalue weighted by Gasteiger charge is 2.22. The van der Waals surface area contributed by atoms with Crippen LogP contribution in [0.3, 0.4) is 0 Å². The molecule has 0 saturated carbocycles. The van der Waals surface area contributed by atoms with E-state index in [1.807, 2.05) is 0 Å². The maximum absolute atomic E-state index is 11.2. The van der Waals surface area contributed by atoms with Gasteiger partial charge in [0.05, 0.1) is 17.9 Å². The normalized spacial score (nSPS) is 14.9. The van der Waals surface area contributed by atoms with Crippen LogP contribution in [-0.4, -0.2) is 27.3 Å². The molecule has 0 radical (unpaired) electrons. The molecule has 0 aliphatic carbocycles. The number of hydrogen-bond acceptors (Lipinski definition) is 5. The van der Waals surface area contributed by atoms with E-state index in [0.717, 1.165) is 5.03 Å². The Morgan fingerprint density at radius 2 is 2.20 bits per heavy atom. The van der Waals surface area contributed by atoms with Crippen LogP contribution in [-0.2, 0) is 11.2 Å². The lowest BCUT2D eigenvalue weighted by atomic mass is 10.2. The van der Waals surface area contributed by atoms with Crippen LogP contribution in [0.2, 0.25) is 0 Å². The zero-order chi connectivity index (χ0) is 11.0. The number of rotatable bonds is 1. The fourth-order valence-corrected chi connectivity index (χ4v) is 2.78. The highest BCUT2D eigenvalue weighted by molar-refractivity contribution is 9.10. The predicted octanol–water partition coefficient (Wildman–Crippen LogP) is 1.66. The van der Waals surface area contributed by atoms with Gasteiger partial charge in [-0.05, 0) is 15.9 Å². The van der Waals surface area contributed by atoms with Gasteiger partial charge in [0.1, 0.15) is 21.1 Å². The van der Waals surface area contributed by atoms with Crippen LogP contribution in [0.15, 0.2) is 9.63 Å². The van der Waals surface area contributed by atoms with E-state index in [9.17, 15) is 9.59 Å². The Labute approximate surface area is 99.0 Å². The number of Topliss-reactive ketones (excluding diaryl/α,β-unsaturated/α-hetero) is 2. The number of ketones is 2. The van der Waals surface area contributed by atoms with E-state index in [1.165, 1.54) is 18.7 Å². The molecule has 0 saturated heterocycles. The second-order valence-corrected chi connectivity index (χ2v) is 4.89. The van der Waals surface area contributed by atoms with E-state index in [1.54, 1.807) is 0 Å². The van der Waals surface area contributed by atoms with Gasteiger partial charge in [0.2, 0.25) is 0 Å². The quantitative estimate of drug-likeness (QED) is 0.735. The van der Waals surface area contributed by atoms with Gasteiger partial charge in [-0.1, -0.05) is 11.8 Å². The average Bonchev–Trinajstić information content (AvgIpc) is 2.17. The Morgan fingerprint density at radius 3 is 2.87 bits per heavy atom. The van der Waals surface area contributed by atoms with Crippen molar-refractivity contribution in [3.05, 3.63) is 16.0 Å². The standard InChI is InChI=1S/C9H7BrN2O2S/c1-4(13)7-8(10)12-9-6(11-7)2-5(14)3-15-9/h2-3H2,1H3. The summed E-state index contributed by atoms with van der Waals surface area (Å²) in [7, 11) is 0. The minimum atomic E-state index is -0.153. The summed E-state index contributed by atoms with van der Waals surface area (Å²) in [5.74, 6) is 0.409. The van der Waals surface area contributed by atoms with E-state index in [-0.39, 0.29) is 18.0 Å². The van der Waals surface area contributed by atoms with Crippen molar-refractivity contribution in [2.24, 2.45) is 0 Å². The molecule has 0 amide bonds. The molecule has 0 bridgehead atoms. The first-order valence-corrected chi connectivity index (χ1v) is 6.07. The molecular weight excluding hydrogens is 280 g/mol. The van der Waals surface area contributed by atoms with Crippen molar-refractivity contribution in [2.45, 2.75) is 18.4 Å². The molecule has 0 unspecified atom stereocenters. The zero-order valence-corrected chi connectivity index (χ0v) is 10.3. The molecule has 2 heterocycles. The van der Waals surface area contributed by atoms with Crippen LogP contribution >= 0.6 is 27.7 Å². The maximum atomic E-state index is 11.2. The predicted molar refractivity (Wildman–Crippen MR) is 59.2 cm³/mol. The number of fused-ring (bicyclic) bond motifs is 1. The largest absolute Gasteiger partial charge is 0.298 e. The van der Waals surface area contributed by atoms with Gasteiger partial charge in [0.15, 0.2) is 5.78 Å². The lowest BCUT2D eigenvalue weighted by molar-refractivity contribution is -0.116. The summed E-state index contributed by atoms with van der Waals surface area (Å²) in [4.78, 5) is 30.8. The van der Waals surface area contributed by atoms with Crippen molar-refractivity contribution in [2.75, 3.05) is 5.75 Å². The summed E-state index contributed by atoms with van der Waals surface area (Å²) in [6.07, 6.45) is 0.281. The molecule has 1 aliphatic heterocycles. The van der Waals surface area contributed by atoms with Crippen LogP contribution in [0.5, 0.6) is 0 Å². The summed E-state index contributed by atoms with van der Waals surface area (Å²) in [5, 5.41) is 0.742. The number of hydrogen-bond donors (Lipinski definition) is 0. The van der Waals surface area contributed by atoms with Crippen LogP contribution in [0.4, 0.5) is 0 Å². The number of halogens is 1. The van der Waals surface area contributed by atoms with Crippen molar-refractivity contribution in [3.8, 4) is 0 Å². The first kappa shape index (κ1) is 10.8. The highest BCUT2D eigenvalue weighted by atomic mass is 79.9. The molecule has 78 valence electrons. The molecule has 4 nitrogen and oxygen atoms in total. The molecule has 0 spiro atoms. The van der Waals surface area contributed by atoms with Gasteiger partial charge in [-0.3, -0.25) is 9.59 Å². The third kappa shape index (κ3) is 2.10. The molecule has 2 rings (SSSR count). The molecule has 6 heteroatoms. The second-order valence-electron chi connectivity index (χ2n) is 3.18. The van der Waals surface area contributed by atoms with Crippen LogP contribution in [0.25, 0.3) is 0 Å². The molecule has 15 heavy (non-hydrogen) atoms. The second kappa shape index (κ2) is 4.02. The number of thioether (sulfide) groups is 1. The molecule has 0 atom stereocenters. The smallest absolute Gasteiger partial charge is 0.180 e. The summed E-state index contributed by atoms with van der Waals surface area (Å²) >= 11 is 4.57. The van der Waals surface area contributed by atoms with Crippen molar-refractivity contribution in [3.63, 3.8) is 0 Å². The van der Waals surface area contributed by atoms with Crippen molar-refractivity contribution >= 4 is 39.3 Å². The molecule has 1 aliphatic rings. The molecule has 0 N–H and O–H groups in total. The summed E-state index contributed by atoms with van der Waals surface area (Å²) in [5.41, 5.74) is 0.911. The van der Waals surface area contributed by atoms with Gasteiger partial charge >= 0.3 is 0 Å². The van der Waals surface area contributed by atoms with Crippen molar-refractivity contribution in [1.29, 1.82) is 0 Å². The fraction of sp³-hybridized carbons (Fsp3) is 0.333. The summed E-state index contributed by atoms with van der Waals surface area (Å²) in [6.45, 7) is 1.43. The lowest BCUT2D eigenvalue weighted by Crippen LogP contribution is -2.17. The third-order valence-corrected chi connectivity index (χ3v) is 3.58. The monoisotopic (exact) mass is 286 g/mol. The zero-order valence-electron chi connectivity index (χ0n) is 7.91. The Hall–Kier alpha value is -0.750. The highest BCUT2D eigenvalue weighted by Crippen LogP contribution is 2.28. The maximum Gasteiger partial charge on any atom is 0.180 e. The van der Waals surface area contributed by atoms with E-state index in [2.05, 4.69) is 25.9 Å². The molecular formula is C9H7BrN2O2S. The van der Waals surface area contributed by atoms with Gasteiger partial charge in [-0.25, -0.2) is 9.97 Å². The van der Waals surface area contributed by atoms with Crippen LogP contribution in [0, 0.1) is 0 Å². The Morgan fingerprint density at radius 1 is 1.47 bits per heavy atom. The molecule has 1 aromatic rings. The minimum Gasteiger partial charge on any atom is -0.298 e. The third-order valence-electron chi connectivity index (χ3n) is 1.96. The minimum absolute atomic E-state index is 0.124. The van der Waals surface area contributed by atoms with Crippen LogP contribution < -0.4 is 0 Å². The van der Waals surface area contributed by atoms with Crippen molar-refractivity contribution in [1.82, 2.24) is 9.97 Å². The van der Waals surface area contributed by atoms with Crippen molar-refractivity contribution < 1.29 is 9.59 Å². The first-order chi connectivity index (χ1) is 7.08. The summed E-state index contributed by atoms with van der Waals surface area (Å²) in [6, 6.07) is 0. The first-order valence-electron chi connectivity index (χ1n) is 4.30. The van der Waals surface area contributed by atoms with E-state index >= 15 is 0 Å². The number of carbonyl (C=O) groups is 2. The van der Waals surface area contributed by atoms with Gasteiger partial charge in [0, 0.05) is 6.92 Å². The van der Waals surface area contributed by atoms with Gasteiger partial charge < -0.3 is 0 Å². The number of aromatic nitrogens is 2. The van der Waals surface area contributed by atoms with E-state index < -0.39 is 0 Å². The Kier molecular flexibility index (Phi) is 2.88. The average molecular weight is 287 g/mol. The topological polar surface area (TPSA) is 59.9 Å². The van der Waals surface area contributed by atoms with Gasteiger partial charge in [0.25, 0.3) is 0 Å².